The van der Waals surface area contributed by atoms with Crippen LogP contribution in [0.25, 0.3) is 0 Å². The maximum absolute atomic E-state index is 5.66. The van der Waals surface area contributed by atoms with Crippen LogP contribution in [0.15, 0.2) is 12.1 Å². The Balaban J connectivity index is 1.92. The fraction of sp³-hybridized carbons (Fsp3) is 0.600. The van der Waals surface area contributed by atoms with Gasteiger partial charge in [-0.25, -0.2) is 0 Å². The van der Waals surface area contributed by atoms with E-state index in [-0.39, 0.29) is 0 Å². The van der Waals surface area contributed by atoms with E-state index in [4.69, 9.17) is 11.6 Å². The molecule has 0 N–H and O–H groups in total. The number of hydrogen-bond acceptors (Lipinski definition) is 3. The lowest BCUT2D eigenvalue weighted by molar-refractivity contribution is 0.150. The van der Waals surface area contributed by atoms with Crippen LogP contribution >= 0.6 is 11.6 Å². The van der Waals surface area contributed by atoms with Gasteiger partial charge in [-0.05, 0) is 32.0 Å². The first-order valence-electron chi connectivity index (χ1n) is 4.94. The summed E-state index contributed by atoms with van der Waals surface area (Å²) in [6.07, 6.45) is 4.00. The largest absolute Gasteiger partial charge is 0.298 e. The smallest absolute Gasteiger partial charge is 0.151 e. The maximum atomic E-state index is 5.66. The van der Waals surface area contributed by atoms with Crippen LogP contribution in [-0.4, -0.2) is 28.2 Å². The Morgan fingerprint density at radius 1 is 1.43 bits per heavy atom. The standard InChI is InChI=1S/C10H14ClN3/c1-14(9-3-2-4-9)7-8-5-6-10(11)13-12-8/h5-6,9H,2-4,7H2,1H3. The van der Waals surface area contributed by atoms with Gasteiger partial charge in [0.1, 0.15) is 0 Å². The third-order valence-electron chi connectivity index (χ3n) is 2.80. The van der Waals surface area contributed by atoms with Crippen LogP contribution in [0, 0.1) is 0 Å². The van der Waals surface area contributed by atoms with Crippen LogP contribution in [0.1, 0.15) is 25.0 Å². The van der Waals surface area contributed by atoms with Gasteiger partial charge in [0.2, 0.25) is 0 Å². The molecule has 1 saturated carbocycles. The van der Waals surface area contributed by atoms with Crippen LogP contribution in [0.4, 0.5) is 0 Å². The fourth-order valence-electron chi connectivity index (χ4n) is 1.64. The SMILES string of the molecule is CN(Cc1ccc(Cl)nn1)C1CCC1. The molecule has 1 aromatic rings. The summed E-state index contributed by atoms with van der Waals surface area (Å²) in [5, 5.41) is 8.32. The van der Waals surface area contributed by atoms with Gasteiger partial charge in [0.25, 0.3) is 0 Å². The first kappa shape index (κ1) is 9.87. The third kappa shape index (κ3) is 2.22. The second-order valence-corrected chi connectivity index (χ2v) is 4.23. The third-order valence-corrected chi connectivity index (χ3v) is 3.00. The Morgan fingerprint density at radius 2 is 2.21 bits per heavy atom. The minimum atomic E-state index is 0.458. The van der Waals surface area contributed by atoms with Crippen LogP contribution in [-0.2, 0) is 6.54 Å². The normalized spacial score (nSPS) is 17.1. The van der Waals surface area contributed by atoms with Gasteiger partial charge in [0.15, 0.2) is 5.15 Å². The van der Waals surface area contributed by atoms with Gasteiger partial charge in [-0.3, -0.25) is 4.90 Å². The highest BCUT2D eigenvalue weighted by atomic mass is 35.5. The molecule has 3 nitrogen and oxygen atoms in total. The summed E-state index contributed by atoms with van der Waals surface area (Å²) < 4.78 is 0. The first-order chi connectivity index (χ1) is 6.75. The van der Waals surface area contributed by atoms with Crippen molar-refractivity contribution < 1.29 is 0 Å². The molecule has 0 aliphatic heterocycles. The predicted octanol–water partition coefficient (Wildman–Crippen LogP) is 2.11. The van der Waals surface area contributed by atoms with E-state index in [1.165, 1.54) is 19.3 Å². The van der Waals surface area contributed by atoms with Gasteiger partial charge in [0.05, 0.1) is 5.69 Å². The molecule has 0 atom stereocenters. The molecule has 1 aliphatic carbocycles. The van der Waals surface area contributed by atoms with Crippen LogP contribution in [0.2, 0.25) is 5.15 Å². The molecule has 0 saturated heterocycles. The van der Waals surface area contributed by atoms with E-state index in [0.29, 0.717) is 5.15 Å². The van der Waals surface area contributed by atoms with Crippen LogP contribution in [0.5, 0.6) is 0 Å². The minimum absolute atomic E-state index is 0.458. The quantitative estimate of drug-likeness (QED) is 0.767. The summed E-state index contributed by atoms with van der Waals surface area (Å²) in [7, 11) is 2.14. The zero-order valence-corrected chi connectivity index (χ0v) is 9.04. The monoisotopic (exact) mass is 211 g/mol. The summed E-state index contributed by atoms with van der Waals surface area (Å²) in [5.41, 5.74) is 0.990. The van der Waals surface area contributed by atoms with Crippen molar-refractivity contribution in [1.29, 1.82) is 0 Å². The highest BCUT2D eigenvalue weighted by molar-refractivity contribution is 6.29. The molecule has 0 unspecified atom stereocenters. The van der Waals surface area contributed by atoms with E-state index in [1.54, 1.807) is 6.07 Å². The summed E-state index contributed by atoms with van der Waals surface area (Å²) in [5.74, 6) is 0. The van der Waals surface area contributed by atoms with E-state index < -0.39 is 0 Å². The highest BCUT2D eigenvalue weighted by Gasteiger charge is 2.21. The van der Waals surface area contributed by atoms with Gasteiger partial charge in [-0.1, -0.05) is 18.0 Å². The first-order valence-corrected chi connectivity index (χ1v) is 5.32. The Bertz CT molecular complexity index is 295. The molecule has 1 aromatic heterocycles. The topological polar surface area (TPSA) is 29.0 Å². The molecule has 14 heavy (non-hydrogen) atoms. The Labute approximate surface area is 89.1 Å². The number of halogens is 1. The maximum Gasteiger partial charge on any atom is 0.151 e. The summed E-state index contributed by atoms with van der Waals surface area (Å²) in [6.45, 7) is 0.870. The molecule has 2 rings (SSSR count). The summed E-state index contributed by atoms with van der Waals surface area (Å²) in [4.78, 5) is 2.33. The summed E-state index contributed by atoms with van der Waals surface area (Å²) in [6, 6.07) is 4.47. The molecule has 1 heterocycles. The van der Waals surface area contributed by atoms with Crippen LogP contribution < -0.4 is 0 Å². The number of nitrogens with zero attached hydrogens (tertiary/aromatic N) is 3. The van der Waals surface area contributed by atoms with Crippen molar-refractivity contribution in [2.45, 2.75) is 31.8 Å². The molecule has 0 spiro atoms. The van der Waals surface area contributed by atoms with Crippen LogP contribution in [0.3, 0.4) is 0 Å². The van der Waals surface area contributed by atoms with Crippen molar-refractivity contribution in [3.63, 3.8) is 0 Å². The molecular formula is C10H14ClN3. The molecule has 0 amide bonds. The van der Waals surface area contributed by atoms with E-state index in [2.05, 4.69) is 22.1 Å². The average Bonchev–Trinajstić information content (AvgIpc) is 2.06. The lowest BCUT2D eigenvalue weighted by Gasteiger charge is -2.34. The van der Waals surface area contributed by atoms with Crippen molar-refractivity contribution in [2.75, 3.05) is 7.05 Å². The molecule has 1 aliphatic rings. The van der Waals surface area contributed by atoms with Gasteiger partial charge >= 0.3 is 0 Å². The lowest BCUT2D eigenvalue weighted by Crippen LogP contribution is -2.36. The van der Waals surface area contributed by atoms with Gasteiger partial charge < -0.3 is 0 Å². The van der Waals surface area contributed by atoms with E-state index >= 15 is 0 Å². The van der Waals surface area contributed by atoms with Gasteiger partial charge in [-0.2, -0.15) is 5.10 Å². The zero-order valence-electron chi connectivity index (χ0n) is 8.28. The van der Waals surface area contributed by atoms with Gasteiger partial charge in [-0.15, -0.1) is 5.10 Å². The molecule has 4 heteroatoms. The van der Waals surface area contributed by atoms with E-state index in [9.17, 15) is 0 Å². The van der Waals surface area contributed by atoms with Crippen molar-refractivity contribution in [3.05, 3.63) is 23.0 Å². The second-order valence-electron chi connectivity index (χ2n) is 3.85. The van der Waals surface area contributed by atoms with E-state index in [1.807, 2.05) is 6.07 Å². The fourth-order valence-corrected chi connectivity index (χ4v) is 1.74. The molecule has 76 valence electrons. The molecule has 0 aromatic carbocycles. The highest BCUT2D eigenvalue weighted by Crippen LogP contribution is 2.24. The minimum Gasteiger partial charge on any atom is -0.298 e. The molecule has 1 fully saturated rings. The van der Waals surface area contributed by atoms with Crippen molar-refractivity contribution >= 4 is 11.6 Å². The van der Waals surface area contributed by atoms with Crippen molar-refractivity contribution in [1.82, 2.24) is 15.1 Å². The van der Waals surface area contributed by atoms with Crippen molar-refractivity contribution in [3.8, 4) is 0 Å². The second kappa shape index (κ2) is 4.24. The average molecular weight is 212 g/mol. The lowest BCUT2D eigenvalue weighted by atomic mass is 9.92. The number of aromatic nitrogens is 2. The van der Waals surface area contributed by atoms with Crippen molar-refractivity contribution in [2.24, 2.45) is 0 Å². The zero-order chi connectivity index (χ0) is 9.97. The Hall–Kier alpha value is -0.670. The van der Waals surface area contributed by atoms with E-state index in [0.717, 1.165) is 18.3 Å². The molecular weight excluding hydrogens is 198 g/mol. The Morgan fingerprint density at radius 3 is 2.71 bits per heavy atom. The predicted molar refractivity (Wildman–Crippen MR) is 56.1 cm³/mol. The number of rotatable bonds is 3. The van der Waals surface area contributed by atoms with Gasteiger partial charge in [0, 0.05) is 12.6 Å². The molecule has 0 bridgehead atoms. The molecule has 0 radical (unpaired) electrons. The Kier molecular flexibility index (Phi) is 2.99. The number of hydrogen-bond donors (Lipinski definition) is 0. The summed E-state index contributed by atoms with van der Waals surface area (Å²) >= 11 is 5.66.